The molecule has 100 valence electrons. The highest BCUT2D eigenvalue weighted by molar-refractivity contribution is 5.80. The summed E-state index contributed by atoms with van der Waals surface area (Å²) < 4.78 is 0. The molecule has 0 radical (unpaired) electrons. The normalized spacial score (nSPS) is 12.9. The van der Waals surface area contributed by atoms with Gasteiger partial charge in [-0.1, -0.05) is 26.0 Å². The van der Waals surface area contributed by atoms with E-state index in [9.17, 15) is 9.90 Å². The first-order valence-electron chi connectivity index (χ1n) is 6.19. The van der Waals surface area contributed by atoms with Crippen LogP contribution in [0, 0.1) is 5.92 Å². The summed E-state index contributed by atoms with van der Waals surface area (Å²) in [6, 6.07) is 6.88. The lowest BCUT2D eigenvalue weighted by Gasteiger charge is -2.28. The van der Waals surface area contributed by atoms with Gasteiger partial charge in [-0.3, -0.25) is 9.69 Å². The molecule has 1 atom stereocenters. The van der Waals surface area contributed by atoms with Gasteiger partial charge in [0.1, 0.15) is 5.75 Å². The Hall–Kier alpha value is -1.55. The smallest absolute Gasteiger partial charge is 0.235 e. The Labute approximate surface area is 108 Å². The van der Waals surface area contributed by atoms with E-state index in [1.54, 1.807) is 12.1 Å². The van der Waals surface area contributed by atoms with Crippen LogP contribution in [0.3, 0.4) is 0 Å². The Bertz CT molecular complexity index is 387. The molecule has 0 saturated carbocycles. The van der Waals surface area contributed by atoms with Crippen LogP contribution in [0.2, 0.25) is 0 Å². The maximum absolute atomic E-state index is 11.4. The molecule has 4 nitrogen and oxygen atoms in total. The number of primary amides is 1. The van der Waals surface area contributed by atoms with Crippen LogP contribution in [0.15, 0.2) is 24.3 Å². The summed E-state index contributed by atoms with van der Waals surface area (Å²) in [7, 11) is 1.91. The molecule has 0 saturated heterocycles. The Morgan fingerprint density at radius 3 is 2.33 bits per heavy atom. The number of carbonyl (C=O) groups excluding carboxylic acids is 1. The molecule has 0 fully saturated rings. The summed E-state index contributed by atoms with van der Waals surface area (Å²) in [6.45, 7) is 4.75. The molecule has 0 aromatic heterocycles. The number of aromatic hydroxyl groups is 1. The largest absolute Gasteiger partial charge is 0.508 e. The molecule has 4 heteroatoms. The fraction of sp³-hybridized carbons (Fsp3) is 0.500. The summed E-state index contributed by atoms with van der Waals surface area (Å²) >= 11 is 0. The zero-order chi connectivity index (χ0) is 13.7. The molecular formula is C14H22N2O2. The van der Waals surface area contributed by atoms with E-state index in [0.717, 1.165) is 18.5 Å². The Balaban J connectivity index is 2.56. The van der Waals surface area contributed by atoms with Crippen molar-refractivity contribution >= 4 is 5.91 Å². The van der Waals surface area contributed by atoms with Gasteiger partial charge in [0.15, 0.2) is 0 Å². The minimum Gasteiger partial charge on any atom is -0.508 e. The lowest BCUT2D eigenvalue weighted by molar-refractivity contribution is -0.124. The third-order valence-electron chi connectivity index (χ3n) is 3.09. The number of phenols is 1. The van der Waals surface area contributed by atoms with Gasteiger partial charge in [-0.25, -0.2) is 0 Å². The molecule has 1 rings (SSSR count). The van der Waals surface area contributed by atoms with Gasteiger partial charge in [0.25, 0.3) is 0 Å². The molecule has 18 heavy (non-hydrogen) atoms. The first-order valence-corrected chi connectivity index (χ1v) is 6.19. The molecule has 3 N–H and O–H groups in total. The average Bonchev–Trinajstić information content (AvgIpc) is 2.27. The number of likely N-dealkylation sites (N-methyl/N-ethyl adjacent to an activating group) is 1. The molecule has 1 aromatic rings. The zero-order valence-electron chi connectivity index (χ0n) is 11.3. The van der Waals surface area contributed by atoms with Gasteiger partial charge in [-0.05, 0) is 37.1 Å². The minimum absolute atomic E-state index is 0.201. The molecule has 1 aromatic carbocycles. The summed E-state index contributed by atoms with van der Waals surface area (Å²) in [5, 5.41) is 9.20. The third-order valence-corrected chi connectivity index (χ3v) is 3.09. The van der Waals surface area contributed by atoms with Gasteiger partial charge in [-0.2, -0.15) is 0 Å². The molecule has 0 spiro atoms. The van der Waals surface area contributed by atoms with Crippen molar-refractivity contribution in [2.24, 2.45) is 11.7 Å². The number of benzene rings is 1. The predicted molar refractivity (Wildman–Crippen MR) is 72.3 cm³/mol. The first-order chi connectivity index (χ1) is 8.41. The van der Waals surface area contributed by atoms with E-state index in [1.165, 1.54) is 0 Å². The molecule has 1 amide bonds. The van der Waals surface area contributed by atoms with Gasteiger partial charge in [0.2, 0.25) is 5.91 Å². The van der Waals surface area contributed by atoms with Gasteiger partial charge in [-0.15, -0.1) is 0 Å². The van der Waals surface area contributed by atoms with Crippen molar-refractivity contribution in [3.05, 3.63) is 29.8 Å². The zero-order valence-corrected chi connectivity index (χ0v) is 11.3. The van der Waals surface area contributed by atoms with Crippen LogP contribution in [-0.4, -0.2) is 35.5 Å². The lowest BCUT2D eigenvalue weighted by atomic mass is 10.0. The fourth-order valence-electron chi connectivity index (χ4n) is 2.16. The topological polar surface area (TPSA) is 66.6 Å². The van der Waals surface area contributed by atoms with Crippen molar-refractivity contribution in [3.8, 4) is 5.75 Å². The van der Waals surface area contributed by atoms with Gasteiger partial charge in [0.05, 0.1) is 6.04 Å². The fourth-order valence-corrected chi connectivity index (χ4v) is 2.16. The molecule has 0 aliphatic heterocycles. The van der Waals surface area contributed by atoms with Crippen molar-refractivity contribution in [2.45, 2.75) is 26.3 Å². The second-order valence-corrected chi connectivity index (χ2v) is 4.99. The molecule has 0 bridgehead atoms. The second kappa shape index (κ2) is 6.40. The SMILES string of the molecule is CC(C)[C@@H](C(N)=O)N(C)CCc1ccc(O)cc1. The average molecular weight is 250 g/mol. The van der Waals surface area contributed by atoms with E-state index in [2.05, 4.69) is 0 Å². The van der Waals surface area contributed by atoms with E-state index in [4.69, 9.17) is 5.73 Å². The quantitative estimate of drug-likeness (QED) is 0.801. The lowest BCUT2D eigenvalue weighted by Crippen LogP contribution is -2.46. The van der Waals surface area contributed by atoms with Gasteiger partial charge >= 0.3 is 0 Å². The molecule has 0 aliphatic carbocycles. The van der Waals surface area contributed by atoms with Crippen molar-refractivity contribution in [2.75, 3.05) is 13.6 Å². The maximum Gasteiger partial charge on any atom is 0.235 e. The molecule has 0 heterocycles. The summed E-state index contributed by atoms with van der Waals surface area (Å²) in [6.07, 6.45) is 0.827. The van der Waals surface area contributed by atoms with Crippen LogP contribution in [0.1, 0.15) is 19.4 Å². The highest BCUT2D eigenvalue weighted by Gasteiger charge is 2.23. The standard InChI is InChI=1S/C14H22N2O2/c1-10(2)13(14(15)18)16(3)9-8-11-4-6-12(17)7-5-11/h4-7,10,13,17H,8-9H2,1-3H3,(H2,15,18)/t13-/m0/s1. The van der Waals surface area contributed by atoms with Crippen molar-refractivity contribution in [1.82, 2.24) is 4.90 Å². The number of nitrogens with zero attached hydrogens (tertiary/aromatic N) is 1. The Morgan fingerprint density at radius 2 is 1.89 bits per heavy atom. The van der Waals surface area contributed by atoms with Crippen LogP contribution in [0.25, 0.3) is 0 Å². The van der Waals surface area contributed by atoms with E-state index in [-0.39, 0.29) is 23.6 Å². The number of amides is 1. The number of carbonyl (C=O) groups is 1. The highest BCUT2D eigenvalue weighted by atomic mass is 16.3. The third kappa shape index (κ3) is 4.04. The minimum atomic E-state index is -0.279. The summed E-state index contributed by atoms with van der Waals surface area (Å²) in [5.41, 5.74) is 6.54. The predicted octanol–water partition coefficient (Wildman–Crippen LogP) is 1.38. The van der Waals surface area contributed by atoms with Crippen molar-refractivity contribution in [1.29, 1.82) is 0 Å². The van der Waals surface area contributed by atoms with E-state index in [0.29, 0.717) is 0 Å². The number of nitrogens with two attached hydrogens (primary N) is 1. The van der Waals surface area contributed by atoms with E-state index < -0.39 is 0 Å². The van der Waals surface area contributed by atoms with E-state index >= 15 is 0 Å². The Kier molecular flexibility index (Phi) is 5.16. The van der Waals surface area contributed by atoms with Crippen LogP contribution in [0.5, 0.6) is 5.75 Å². The van der Waals surface area contributed by atoms with Crippen molar-refractivity contribution < 1.29 is 9.90 Å². The number of hydrogen-bond acceptors (Lipinski definition) is 3. The van der Waals surface area contributed by atoms with Gasteiger partial charge in [0, 0.05) is 6.54 Å². The molecule has 0 aliphatic rings. The van der Waals surface area contributed by atoms with Crippen LogP contribution >= 0.6 is 0 Å². The Morgan fingerprint density at radius 1 is 1.33 bits per heavy atom. The summed E-state index contributed by atoms with van der Waals surface area (Å²) in [5.74, 6) is 0.190. The van der Waals surface area contributed by atoms with Crippen LogP contribution in [0.4, 0.5) is 0 Å². The maximum atomic E-state index is 11.4. The monoisotopic (exact) mass is 250 g/mol. The molecule has 0 unspecified atom stereocenters. The molecular weight excluding hydrogens is 228 g/mol. The number of hydrogen-bond donors (Lipinski definition) is 2. The summed E-state index contributed by atoms with van der Waals surface area (Å²) in [4.78, 5) is 13.4. The van der Waals surface area contributed by atoms with Crippen LogP contribution < -0.4 is 5.73 Å². The second-order valence-electron chi connectivity index (χ2n) is 4.99. The highest BCUT2D eigenvalue weighted by Crippen LogP contribution is 2.12. The number of rotatable bonds is 6. The van der Waals surface area contributed by atoms with E-state index in [1.807, 2.05) is 37.9 Å². The first kappa shape index (κ1) is 14.5. The van der Waals surface area contributed by atoms with Crippen LogP contribution in [-0.2, 0) is 11.2 Å². The number of phenolic OH excluding ortho intramolecular Hbond substituents is 1. The van der Waals surface area contributed by atoms with Gasteiger partial charge < -0.3 is 10.8 Å². The van der Waals surface area contributed by atoms with Crippen molar-refractivity contribution in [3.63, 3.8) is 0 Å².